The monoisotopic (exact) mass is 252 g/mol. The summed E-state index contributed by atoms with van der Waals surface area (Å²) < 4.78 is 5.55. The first-order valence-electron chi connectivity index (χ1n) is 7.79. The summed E-state index contributed by atoms with van der Waals surface area (Å²) in [4.78, 5) is 2.69. The highest BCUT2D eigenvalue weighted by Crippen LogP contribution is 2.51. The lowest BCUT2D eigenvalue weighted by Gasteiger charge is -2.61. The molecular formula is C15H28N2O. The van der Waals surface area contributed by atoms with Crippen LogP contribution in [0.1, 0.15) is 51.4 Å². The molecule has 0 amide bonds. The minimum atomic E-state index is 0.379. The summed E-state index contributed by atoms with van der Waals surface area (Å²) >= 11 is 0. The summed E-state index contributed by atoms with van der Waals surface area (Å²) in [7, 11) is 2.35. The Balaban J connectivity index is 1.67. The van der Waals surface area contributed by atoms with Gasteiger partial charge in [-0.15, -0.1) is 0 Å². The molecule has 2 unspecified atom stereocenters. The lowest BCUT2D eigenvalue weighted by atomic mass is 9.56. The van der Waals surface area contributed by atoms with E-state index in [-0.39, 0.29) is 0 Å². The zero-order valence-corrected chi connectivity index (χ0v) is 11.7. The Morgan fingerprint density at radius 1 is 1.11 bits per heavy atom. The van der Waals surface area contributed by atoms with Gasteiger partial charge in [-0.2, -0.15) is 0 Å². The van der Waals surface area contributed by atoms with Gasteiger partial charge < -0.3 is 10.5 Å². The second-order valence-electron chi connectivity index (χ2n) is 6.66. The standard InChI is InChI=1S/C15H28N2O/c1-17(12-5-3-2-4-6-12)14-11-13(16)15(14)7-9-18-10-8-15/h12-14H,2-11,16H2,1H3. The van der Waals surface area contributed by atoms with Crippen LogP contribution in [0.25, 0.3) is 0 Å². The van der Waals surface area contributed by atoms with E-state index in [9.17, 15) is 0 Å². The van der Waals surface area contributed by atoms with Gasteiger partial charge in [0, 0.05) is 36.8 Å². The molecule has 2 N–H and O–H groups in total. The Morgan fingerprint density at radius 3 is 2.39 bits per heavy atom. The van der Waals surface area contributed by atoms with Crippen molar-refractivity contribution < 1.29 is 4.74 Å². The van der Waals surface area contributed by atoms with Crippen LogP contribution < -0.4 is 5.73 Å². The summed E-state index contributed by atoms with van der Waals surface area (Å²) in [6, 6.07) is 1.95. The van der Waals surface area contributed by atoms with Crippen LogP contribution in [-0.4, -0.2) is 43.3 Å². The van der Waals surface area contributed by atoms with Crippen molar-refractivity contribution in [2.45, 2.75) is 69.5 Å². The third-order valence-corrected chi connectivity index (χ3v) is 5.95. The van der Waals surface area contributed by atoms with Crippen LogP contribution in [0.3, 0.4) is 0 Å². The molecule has 0 aromatic rings. The largest absolute Gasteiger partial charge is 0.381 e. The predicted octanol–water partition coefficient (Wildman–Crippen LogP) is 2.15. The maximum atomic E-state index is 6.36. The summed E-state index contributed by atoms with van der Waals surface area (Å²) in [6.07, 6.45) is 10.6. The van der Waals surface area contributed by atoms with E-state index in [4.69, 9.17) is 10.5 Å². The molecule has 1 aliphatic heterocycles. The third kappa shape index (κ3) is 2.00. The molecule has 3 heteroatoms. The Kier molecular flexibility index (Phi) is 3.65. The van der Waals surface area contributed by atoms with Crippen molar-refractivity contribution in [3.05, 3.63) is 0 Å². The SMILES string of the molecule is CN(C1CCCCC1)C1CC(N)C12CCOCC2. The van der Waals surface area contributed by atoms with E-state index in [1.54, 1.807) is 0 Å². The van der Waals surface area contributed by atoms with Gasteiger partial charge in [0.05, 0.1) is 0 Å². The summed E-state index contributed by atoms with van der Waals surface area (Å²) in [5.41, 5.74) is 6.74. The molecular weight excluding hydrogens is 224 g/mol. The fourth-order valence-corrected chi connectivity index (χ4v) is 4.57. The maximum absolute atomic E-state index is 6.36. The highest BCUT2D eigenvalue weighted by molar-refractivity contribution is 5.11. The molecule has 0 aromatic heterocycles. The third-order valence-electron chi connectivity index (χ3n) is 5.95. The lowest BCUT2D eigenvalue weighted by Crippen LogP contribution is -2.69. The number of nitrogens with two attached hydrogens (primary N) is 1. The molecule has 3 rings (SSSR count). The van der Waals surface area contributed by atoms with Gasteiger partial charge in [-0.25, -0.2) is 0 Å². The fraction of sp³-hybridized carbons (Fsp3) is 1.00. The van der Waals surface area contributed by atoms with Gasteiger partial charge in [0.2, 0.25) is 0 Å². The number of hydrogen-bond acceptors (Lipinski definition) is 3. The molecule has 3 fully saturated rings. The molecule has 2 atom stereocenters. The van der Waals surface area contributed by atoms with Gasteiger partial charge in [-0.1, -0.05) is 19.3 Å². The molecule has 18 heavy (non-hydrogen) atoms. The van der Waals surface area contributed by atoms with Crippen LogP contribution in [-0.2, 0) is 4.74 Å². The van der Waals surface area contributed by atoms with Gasteiger partial charge in [0.1, 0.15) is 0 Å². The first-order chi connectivity index (χ1) is 8.74. The Bertz CT molecular complexity index is 282. The fourth-order valence-electron chi connectivity index (χ4n) is 4.57. The van der Waals surface area contributed by atoms with E-state index in [2.05, 4.69) is 11.9 Å². The van der Waals surface area contributed by atoms with Crippen LogP contribution in [0.4, 0.5) is 0 Å². The minimum Gasteiger partial charge on any atom is -0.381 e. The van der Waals surface area contributed by atoms with E-state index >= 15 is 0 Å². The smallest absolute Gasteiger partial charge is 0.0472 e. The number of rotatable bonds is 2. The highest BCUT2D eigenvalue weighted by atomic mass is 16.5. The normalized spacial score (nSPS) is 36.8. The number of hydrogen-bond donors (Lipinski definition) is 1. The Labute approximate surface area is 111 Å². The molecule has 104 valence electrons. The molecule has 1 saturated heterocycles. The molecule has 3 aliphatic rings. The van der Waals surface area contributed by atoms with Crippen molar-refractivity contribution in [2.24, 2.45) is 11.1 Å². The molecule has 2 aliphatic carbocycles. The van der Waals surface area contributed by atoms with E-state index in [0.29, 0.717) is 11.5 Å². The van der Waals surface area contributed by atoms with Crippen LogP contribution in [0.15, 0.2) is 0 Å². The topological polar surface area (TPSA) is 38.5 Å². The Morgan fingerprint density at radius 2 is 1.78 bits per heavy atom. The molecule has 0 aromatic carbocycles. The first kappa shape index (κ1) is 12.9. The Hall–Kier alpha value is -0.120. The summed E-state index contributed by atoms with van der Waals surface area (Å²) in [5, 5.41) is 0. The van der Waals surface area contributed by atoms with Gasteiger partial charge in [0.25, 0.3) is 0 Å². The first-order valence-corrected chi connectivity index (χ1v) is 7.79. The van der Waals surface area contributed by atoms with Crippen LogP contribution in [0.2, 0.25) is 0 Å². The van der Waals surface area contributed by atoms with Crippen LogP contribution >= 0.6 is 0 Å². The van der Waals surface area contributed by atoms with E-state index in [1.165, 1.54) is 51.4 Å². The zero-order chi connectivity index (χ0) is 12.6. The maximum Gasteiger partial charge on any atom is 0.0472 e. The van der Waals surface area contributed by atoms with Crippen molar-refractivity contribution in [3.63, 3.8) is 0 Å². The van der Waals surface area contributed by atoms with Crippen LogP contribution in [0, 0.1) is 5.41 Å². The van der Waals surface area contributed by atoms with Gasteiger partial charge in [0.15, 0.2) is 0 Å². The van der Waals surface area contributed by atoms with Crippen LogP contribution in [0.5, 0.6) is 0 Å². The molecule has 2 saturated carbocycles. The van der Waals surface area contributed by atoms with Gasteiger partial charge in [-0.3, -0.25) is 4.90 Å². The average molecular weight is 252 g/mol. The average Bonchev–Trinajstić information content (AvgIpc) is 2.46. The molecule has 3 nitrogen and oxygen atoms in total. The summed E-state index contributed by atoms with van der Waals surface area (Å²) in [5.74, 6) is 0. The molecule has 0 bridgehead atoms. The lowest BCUT2D eigenvalue weighted by molar-refractivity contribution is -0.119. The van der Waals surface area contributed by atoms with Crippen molar-refractivity contribution in [1.29, 1.82) is 0 Å². The predicted molar refractivity (Wildman–Crippen MR) is 73.5 cm³/mol. The number of ether oxygens (including phenoxy) is 1. The van der Waals surface area contributed by atoms with Crippen molar-refractivity contribution in [3.8, 4) is 0 Å². The molecule has 1 heterocycles. The zero-order valence-electron chi connectivity index (χ0n) is 11.7. The van der Waals surface area contributed by atoms with E-state index in [1.807, 2.05) is 0 Å². The summed E-state index contributed by atoms with van der Waals surface area (Å²) in [6.45, 7) is 1.84. The number of nitrogens with zero attached hydrogens (tertiary/aromatic N) is 1. The van der Waals surface area contributed by atoms with E-state index in [0.717, 1.165) is 25.3 Å². The molecule has 0 radical (unpaired) electrons. The van der Waals surface area contributed by atoms with Gasteiger partial charge >= 0.3 is 0 Å². The van der Waals surface area contributed by atoms with E-state index < -0.39 is 0 Å². The van der Waals surface area contributed by atoms with Crippen molar-refractivity contribution in [1.82, 2.24) is 4.90 Å². The highest BCUT2D eigenvalue weighted by Gasteiger charge is 2.55. The van der Waals surface area contributed by atoms with Crippen molar-refractivity contribution in [2.75, 3.05) is 20.3 Å². The van der Waals surface area contributed by atoms with Gasteiger partial charge in [-0.05, 0) is 39.2 Å². The quantitative estimate of drug-likeness (QED) is 0.818. The minimum absolute atomic E-state index is 0.379. The van der Waals surface area contributed by atoms with Crippen molar-refractivity contribution >= 4 is 0 Å². The second-order valence-corrected chi connectivity index (χ2v) is 6.66. The molecule has 1 spiro atoms. The second kappa shape index (κ2) is 5.10.